The summed E-state index contributed by atoms with van der Waals surface area (Å²) < 4.78 is 10.1. The van der Waals surface area contributed by atoms with Crippen LogP contribution in [-0.4, -0.2) is 48.5 Å². The molecule has 1 atom stereocenters. The number of piperidine rings is 1. The molecule has 1 aliphatic rings. The Morgan fingerprint density at radius 2 is 2.04 bits per heavy atom. The molecule has 23 heavy (non-hydrogen) atoms. The van der Waals surface area contributed by atoms with Crippen molar-refractivity contribution in [2.75, 3.05) is 26.8 Å². The van der Waals surface area contributed by atoms with Gasteiger partial charge in [-0.3, -0.25) is 19.7 Å². The van der Waals surface area contributed by atoms with E-state index in [1.807, 2.05) is 0 Å². The minimum absolute atomic E-state index is 0.0411. The van der Waals surface area contributed by atoms with Gasteiger partial charge in [-0.15, -0.1) is 0 Å². The summed E-state index contributed by atoms with van der Waals surface area (Å²) in [5.74, 6) is -0.446. The van der Waals surface area contributed by atoms with Gasteiger partial charge < -0.3 is 14.4 Å². The van der Waals surface area contributed by atoms with Crippen LogP contribution in [-0.2, 0) is 14.3 Å². The fraction of sp³-hybridized carbons (Fsp3) is 0.467. The van der Waals surface area contributed by atoms with Crippen LogP contribution in [0.15, 0.2) is 24.3 Å². The Morgan fingerprint density at radius 3 is 2.65 bits per heavy atom. The molecular formula is C15H18N2O6. The number of nitro benzene ring substituents is 1. The van der Waals surface area contributed by atoms with E-state index in [1.165, 1.54) is 31.4 Å². The standard InChI is InChI=1S/C15H18N2O6/c1-22-15(19)11-3-2-8-16(9-11)14(18)10-23-13-6-4-12(5-7-13)17(20)21/h4-7,11H,2-3,8-10H2,1H3. The normalized spacial score (nSPS) is 17.4. The maximum atomic E-state index is 12.1. The highest BCUT2D eigenvalue weighted by Gasteiger charge is 2.29. The predicted molar refractivity (Wildman–Crippen MR) is 79.9 cm³/mol. The van der Waals surface area contributed by atoms with E-state index in [0.717, 1.165) is 6.42 Å². The van der Waals surface area contributed by atoms with E-state index in [4.69, 9.17) is 9.47 Å². The Hall–Kier alpha value is -2.64. The number of esters is 1. The van der Waals surface area contributed by atoms with E-state index in [-0.39, 0.29) is 30.1 Å². The molecule has 0 bridgehead atoms. The van der Waals surface area contributed by atoms with E-state index in [2.05, 4.69) is 0 Å². The highest BCUT2D eigenvalue weighted by Crippen LogP contribution is 2.19. The fourth-order valence-electron chi connectivity index (χ4n) is 2.46. The molecule has 1 unspecified atom stereocenters. The van der Waals surface area contributed by atoms with Crippen molar-refractivity contribution in [2.24, 2.45) is 5.92 Å². The molecule has 124 valence electrons. The lowest BCUT2D eigenvalue weighted by molar-refractivity contribution is -0.384. The first kappa shape index (κ1) is 16.7. The van der Waals surface area contributed by atoms with Crippen molar-refractivity contribution >= 4 is 17.6 Å². The van der Waals surface area contributed by atoms with Crippen LogP contribution in [0.25, 0.3) is 0 Å². The van der Waals surface area contributed by atoms with Crippen LogP contribution in [0.3, 0.4) is 0 Å². The molecule has 0 N–H and O–H groups in total. The van der Waals surface area contributed by atoms with Gasteiger partial charge in [-0.2, -0.15) is 0 Å². The van der Waals surface area contributed by atoms with Crippen molar-refractivity contribution in [3.05, 3.63) is 34.4 Å². The Balaban J connectivity index is 1.86. The van der Waals surface area contributed by atoms with Crippen LogP contribution in [0.5, 0.6) is 5.75 Å². The maximum Gasteiger partial charge on any atom is 0.310 e. The van der Waals surface area contributed by atoms with E-state index in [9.17, 15) is 19.7 Å². The number of methoxy groups -OCH3 is 1. The van der Waals surface area contributed by atoms with Crippen LogP contribution < -0.4 is 4.74 Å². The number of rotatable bonds is 5. The molecule has 2 rings (SSSR count). The minimum atomic E-state index is -0.504. The summed E-state index contributed by atoms with van der Waals surface area (Å²) in [5.41, 5.74) is -0.0411. The quantitative estimate of drug-likeness (QED) is 0.461. The number of carbonyl (C=O) groups excluding carboxylic acids is 2. The first-order chi connectivity index (χ1) is 11.0. The highest BCUT2D eigenvalue weighted by atomic mass is 16.6. The van der Waals surface area contributed by atoms with Crippen molar-refractivity contribution in [3.8, 4) is 5.75 Å². The minimum Gasteiger partial charge on any atom is -0.484 e. The molecule has 1 saturated heterocycles. The lowest BCUT2D eigenvalue weighted by Gasteiger charge is -2.31. The summed E-state index contributed by atoms with van der Waals surface area (Å²) in [6, 6.07) is 5.51. The van der Waals surface area contributed by atoms with Gasteiger partial charge in [-0.05, 0) is 25.0 Å². The van der Waals surface area contributed by atoms with E-state index < -0.39 is 4.92 Å². The number of non-ortho nitro benzene ring substituents is 1. The van der Waals surface area contributed by atoms with Gasteiger partial charge in [0.2, 0.25) is 0 Å². The third kappa shape index (κ3) is 4.41. The molecular weight excluding hydrogens is 304 g/mol. The molecule has 1 fully saturated rings. The lowest BCUT2D eigenvalue weighted by Crippen LogP contribution is -2.44. The van der Waals surface area contributed by atoms with Gasteiger partial charge >= 0.3 is 5.97 Å². The number of hydrogen-bond acceptors (Lipinski definition) is 6. The monoisotopic (exact) mass is 322 g/mol. The molecule has 0 saturated carbocycles. The summed E-state index contributed by atoms with van der Waals surface area (Å²) in [5, 5.41) is 10.6. The first-order valence-electron chi connectivity index (χ1n) is 7.24. The van der Waals surface area contributed by atoms with Gasteiger partial charge in [0.1, 0.15) is 5.75 Å². The van der Waals surface area contributed by atoms with Gasteiger partial charge in [0.15, 0.2) is 6.61 Å². The zero-order chi connectivity index (χ0) is 16.8. The second-order valence-electron chi connectivity index (χ2n) is 5.24. The number of ether oxygens (including phenoxy) is 2. The molecule has 1 amide bonds. The third-order valence-corrected chi connectivity index (χ3v) is 3.72. The zero-order valence-electron chi connectivity index (χ0n) is 12.8. The Labute approximate surface area is 133 Å². The van der Waals surface area contributed by atoms with Crippen LogP contribution in [0.1, 0.15) is 12.8 Å². The number of nitro groups is 1. The van der Waals surface area contributed by atoms with Gasteiger partial charge in [0.25, 0.3) is 11.6 Å². The predicted octanol–water partition coefficient (Wildman–Crippen LogP) is 1.39. The number of likely N-dealkylation sites (tertiary alicyclic amines) is 1. The highest BCUT2D eigenvalue weighted by molar-refractivity contribution is 5.79. The largest absolute Gasteiger partial charge is 0.484 e. The van der Waals surface area contributed by atoms with Crippen molar-refractivity contribution in [2.45, 2.75) is 12.8 Å². The molecule has 1 aliphatic heterocycles. The van der Waals surface area contributed by atoms with Crippen molar-refractivity contribution in [3.63, 3.8) is 0 Å². The number of carbonyl (C=O) groups is 2. The molecule has 0 aliphatic carbocycles. The van der Waals surface area contributed by atoms with Crippen molar-refractivity contribution in [1.29, 1.82) is 0 Å². The van der Waals surface area contributed by atoms with Crippen LogP contribution in [0.2, 0.25) is 0 Å². The van der Waals surface area contributed by atoms with Gasteiger partial charge in [-0.1, -0.05) is 0 Å². The summed E-state index contributed by atoms with van der Waals surface area (Å²) in [4.78, 5) is 35.3. The summed E-state index contributed by atoms with van der Waals surface area (Å²) in [6.45, 7) is 0.733. The van der Waals surface area contributed by atoms with E-state index in [0.29, 0.717) is 25.3 Å². The average molecular weight is 322 g/mol. The second kappa shape index (κ2) is 7.57. The van der Waals surface area contributed by atoms with Gasteiger partial charge in [-0.25, -0.2) is 0 Å². The Morgan fingerprint density at radius 1 is 1.35 bits per heavy atom. The van der Waals surface area contributed by atoms with Crippen molar-refractivity contribution in [1.82, 2.24) is 4.90 Å². The van der Waals surface area contributed by atoms with E-state index >= 15 is 0 Å². The fourth-order valence-corrected chi connectivity index (χ4v) is 2.46. The number of benzene rings is 1. The maximum absolute atomic E-state index is 12.1. The summed E-state index contributed by atoms with van der Waals surface area (Å²) in [7, 11) is 1.33. The zero-order valence-corrected chi connectivity index (χ0v) is 12.8. The SMILES string of the molecule is COC(=O)C1CCCN(C(=O)COc2ccc([N+](=O)[O-])cc2)C1. The average Bonchev–Trinajstić information content (AvgIpc) is 2.59. The van der Waals surface area contributed by atoms with Crippen LogP contribution in [0, 0.1) is 16.0 Å². The molecule has 8 nitrogen and oxygen atoms in total. The van der Waals surface area contributed by atoms with E-state index in [1.54, 1.807) is 4.90 Å². The van der Waals surface area contributed by atoms with Gasteiger partial charge in [0, 0.05) is 25.2 Å². The van der Waals surface area contributed by atoms with Crippen molar-refractivity contribution < 1.29 is 24.0 Å². The third-order valence-electron chi connectivity index (χ3n) is 3.72. The van der Waals surface area contributed by atoms with Crippen LogP contribution >= 0.6 is 0 Å². The molecule has 1 aromatic carbocycles. The lowest BCUT2D eigenvalue weighted by atomic mass is 9.98. The molecule has 1 heterocycles. The Kier molecular flexibility index (Phi) is 5.51. The smallest absolute Gasteiger partial charge is 0.310 e. The summed E-state index contributed by atoms with van der Waals surface area (Å²) >= 11 is 0. The summed E-state index contributed by atoms with van der Waals surface area (Å²) in [6.07, 6.45) is 1.45. The second-order valence-corrected chi connectivity index (χ2v) is 5.24. The number of hydrogen-bond donors (Lipinski definition) is 0. The molecule has 0 aromatic heterocycles. The Bertz CT molecular complexity index is 586. The molecule has 1 aromatic rings. The van der Waals surface area contributed by atoms with Crippen LogP contribution in [0.4, 0.5) is 5.69 Å². The first-order valence-corrected chi connectivity index (χ1v) is 7.24. The number of amides is 1. The molecule has 0 spiro atoms. The number of nitrogens with zero attached hydrogens (tertiary/aromatic N) is 2. The molecule has 0 radical (unpaired) electrons. The molecule has 8 heteroatoms. The van der Waals surface area contributed by atoms with Gasteiger partial charge in [0.05, 0.1) is 18.0 Å². The topological polar surface area (TPSA) is 99.0 Å².